The number of thiophene rings is 1. The molecule has 0 bridgehead atoms. The zero-order valence-corrected chi connectivity index (χ0v) is 11.3. The number of fused-ring (bicyclic) bond motifs is 1. The molecule has 0 saturated carbocycles. The van der Waals surface area contributed by atoms with Gasteiger partial charge >= 0.3 is 0 Å². The number of hydrogen-bond donors (Lipinski definition) is 1. The molecular weight excluding hydrogens is 242 g/mol. The number of hydrogen-bond acceptors (Lipinski definition) is 4. The Morgan fingerprint density at radius 2 is 2.33 bits per heavy atom. The number of anilines is 1. The second-order valence-corrected chi connectivity index (χ2v) is 5.68. The van der Waals surface area contributed by atoms with Gasteiger partial charge in [0.2, 0.25) is 0 Å². The van der Waals surface area contributed by atoms with Crippen molar-refractivity contribution >= 4 is 17.2 Å². The van der Waals surface area contributed by atoms with Crippen molar-refractivity contribution in [3.05, 3.63) is 45.3 Å². The fourth-order valence-electron chi connectivity index (χ4n) is 2.53. The van der Waals surface area contributed by atoms with Crippen LogP contribution in [0, 0.1) is 6.92 Å². The highest BCUT2D eigenvalue weighted by Crippen LogP contribution is 2.29. The molecule has 1 aliphatic rings. The maximum absolute atomic E-state index is 5.87. The van der Waals surface area contributed by atoms with Crippen LogP contribution in [0.5, 0.6) is 0 Å². The van der Waals surface area contributed by atoms with E-state index in [2.05, 4.69) is 28.3 Å². The minimum Gasteiger partial charge on any atom is -0.352 e. The normalized spacial score (nSPS) is 14.7. The number of rotatable bonds is 2. The first kappa shape index (κ1) is 11.7. The summed E-state index contributed by atoms with van der Waals surface area (Å²) < 4.78 is 0. The summed E-state index contributed by atoms with van der Waals surface area (Å²) in [5.74, 6) is 1.06. The number of aryl methyl sites for hydroxylation is 1. The van der Waals surface area contributed by atoms with Gasteiger partial charge in [0, 0.05) is 36.3 Å². The summed E-state index contributed by atoms with van der Waals surface area (Å²) in [6, 6.07) is 4.26. The first-order chi connectivity index (χ1) is 8.79. The third-order valence-electron chi connectivity index (χ3n) is 3.58. The van der Waals surface area contributed by atoms with Gasteiger partial charge in [-0.1, -0.05) is 0 Å². The maximum Gasteiger partial charge on any atom is 0.133 e. The number of aromatic nitrogens is 1. The van der Waals surface area contributed by atoms with Crippen molar-refractivity contribution in [2.45, 2.75) is 26.4 Å². The van der Waals surface area contributed by atoms with Gasteiger partial charge in [-0.2, -0.15) is 0 Å². The van der Waals surface area contributed by atoms with Gasteiger partial charge < -0.3 is 10.6 Å². The van der Waals surface area contributed by atoms with Crippen molar-refractivity contribution in [1.29, 1.82) is 0 Å². The topological polar surface area (TPSA) is 42.2 Å². The Balaban J connectivity index is 1.95. The van der Waals surface area contributed by atoms with Crippen molar-refractivity contribution in [3.8, 4) is 0 Å². The van der Waals surface area contributed by atoms with Gasteiger partial charge in [0.1, 0.15) is 5.82 Å². The van der Waals surface area contributed by atoms with Crippen LogP contribution < -0.4 is 10.6 Å². The molecule has 0 aliphatic carbocycles. The Hall–Kier alpha value is -1.39. The van der Waals surface area contributed by atoms with E-state index in [9.17, 15) is 0 Å². The van der Waals surface area contributed by atoms with E-state index in [1.165, 1.54) is 21.6 Å². The molecule has 94 valence electrons. The minimum absolute atomic E-state index is 0.558. The molecular formula is C14H17N3S. The van der Waals surface area contributed by atoms with Crippen LogP contribution in [0.1, 0.15) is 21.6 Å². The molecule has 0 fully saturated rings. The third kappa shape index (κ3) is 1.91. The van der Waals surface area contributed by atoms with Crippen molar-refractivity contribution in [3.63, 3.8) is 0 Å². The van der Waals surface area contributed by atoms with Crippen LogP contribution in [-0.4, -0.2) is 11.5 Å². The highest BCUT2D eigenvalue weighted by molar-refractivity contribution is 7.10. The SMILES string of the molecule is Cc1ccnc(N2CCc3sccc3C2)c1CN. The Kier molecular flexibility index (Phi) is 3.06. The highest BCUT2D eigenvalue weighted by atomic mass is 32.1. The quantitative estimate of drug-likeness (QED) is 0.901. The number of pyridine rings is 1. The standard InChI is InChI=1S/C14H17N3S/c1-10-2-5-16-14(12(10)8-15)17-6-3-13-11(9-17)4-7-18-13/h2,4-5,7H,3,6,8-9,15H2,1H3. The number of nitrogens with two attached hydrogens (primary N) is 1. The summed E-state index contributed by atoms with van der Waals surface area (Å²) >= 11 is 1.86. The fraction of sp³-hybridized carbons (Fsp3) is 0.357. The van der Waals surface area contributed by atoms with E-state index in [0.29, 0.717) is 6.54 Å². The van der Waals surface area contributed by atoms with Gasteiger partial charge in [-0.3, -0.25) is 0 Å². The zero-order valence-electron chi connectivity index (χ0n) is 10.5. The predicted octanol–water partition coefficient (Wildman–Crippen LogP) is 2.47. The van der Waals surface area contributed by atoms with Crippen molar-refractivity contribution in [1.82, 2.24) is 4.98 Å². The largest absolute Gasteiger partial charge is 0.352 e. The summed E-state index contributed by atoms with van der Waals surface area (Å²) in [5.41, 5.74) is 9.72. The summed E-state index contributed by atoms with van der Waals surface area (Å²) in [6.45, 7) is 4.66. The van der Waals surface area contributed by atoms with E-state index in [1.807, 2.05) is 23.6 Å². The predicted molar refractivity (Wildman–Crippen MR) is 75.9 cm³/mol. The summed E-state index contributed by atoms with van der Waals surface area (Å²) in [5, 5.41) is 2.18. The van der Waals surface area contributed by atoms with Gasteiger partial charge in [0.15, 0.2) is 0 Å². The van der Waals surface area contributed by atoms with Gasteiger partial charge in [0.25, 0.3) is 0 Å². The van der Waals surface area contributed by atoms with Gasteiger partial charge in [-0.25, -0.2) is 4.98 Å². The van der Waals surface area contributed by atoms with Crippen molar-refractivity contribution in [2.24, 2.45) is 5.73 Å². The molecule has 0 radical (unpaired) electrons. The Morgan fingerprint density at radius 1 is 1.44 bits per heavy atom. The fourth-order valence-corrected chi connectivity index (χ4v) is 3.42. The molecule has 2 aromatic rings. The lowest BCUT2D eigenvalue weighted by molar-refractivity contribution is 0.724. The molecule has 1 aliphatic heterocycles. The Morgan fingerprint density at radius 3 is 3.17 bits per heavy atom. The second kappa shape index (κ2) is 4.71. The van der Waals surface area contributed by atoms with Crippen LogP contribution in [-0.2, 0) is 19.5 Å². The van der Waals surface area contributed by atoms with Crippen LogP contribution in [0.3, 0.4) is 0 Å². The first-order valence-electron chi connectivity index (χ1n) is 6.24. The molecule has 2 aromatic heterocycles. The summed E-state index contributed by atoms with van der Waals surface area (Å²) in [7, 11) is 0. The molecule has 18 heavy (non-hydrogen) atoms. The van der Waals surface area contributed by atoms with E-state index in [-0.39, 0.29) is 0 Å². The molecule has 2 N–H and O–H groups in total. The second-order valence-electron chi connectivity index (χ2n) is 4.67. The van der Waals surface area contributed by atoms with E-state index in [4.69, 9.17) is 5.73 Å². The first-order valence-corrected chi connectivity index (χ1v) is 7.12. The molecule has 3 heterocycles. The lowest BCUT2D eigenvalue weighted by Gasteiger charge is -2.30. The summed E-state index contributed by atoms with van der Waals surface area (Å²) in [4.78, 5) is 8.41. The smallest absolute Gasteiger partial charge is 0.133 e. The van der Waals surface area contributed by atoms with E-state index in [0.717, 1.165) is 25.3 Å². The lowest BCUT2D eigenvalue weighted by Crippen LogP contribution is -2.31. The Labute approximate surface area is 111 Å². The molecule has 0 atom stereocenters. The highest BCUT2D eigenvalue weighted by Gasteiger charge is 2.20. The average molecular weight is 259 g/mol. The van der Waals surface area contributed by atoms with E-state index < -0.39 is 0 Å². The molecule has 0 amide bonds. The molecule has 0 aromatic carbocycles. The lowest BCUT2D eigenvalue weighted by atomic mass is 10.1. The molecule has 3 rings (SSSR count). The van der Waals surface area contributed by atoms with Gasteiger partial charge in [-0.15, -0.1) is 11.3 Å². The van der Waals surface area contributed by atoms with Crippen LogP contribution in [0.15, 0.2) is 23.7 Å². The minimum atomic E-state index is 0.558. The maximum atomic E-state index is 5.87. The van der Waals surface area contributed by atoms with Gasteiger partial charge in [0.05, 0.1) is 0 Å². The van der Waals surface area contributed by atoms with Crippen LogP contribution in [0.25, 0.3) is 0 Å². The molecule has 3 nitrogen and oxygen atoms in total. The van der Waals surface area contributed by atoms with E-state index in [1.54, 1.807) is 0 Å². The average Bonchev–Trinajstić information content (AvgIpc) is 2.85. The Bertz CT molecular complexity index is 562. The molecule has 0 unspecified atom stereocenters. The molecule has 0 saturated heterocycles. The number of nitrogens with zero attached hydrogens (tertiary/aromatic N) is 2. The monoisotopic (exact) mass is 259 g/mol. The van der Waals surface area contributed by atoms with Crippen LogP contribution >= 0.6 is 11.3 Å². The van der Waals surface area contributed by atoms with E-state index >= 15 is 0 Å². The summed E-state index contributed by atoms with van der Waals surface area (Å²) in [6.07, 6.45) is 3.00. The van der Waals surface area contributed by atoms with Crippen molar-refractivity contribution < 1.29 is 0 Å². The zero-order chi connectivity index (χ0) is 12.5. The van der Waals surface area contributed by atoms with Crippen LogP contribution in [0.4, 0.5) is 5.82 Å². The van der Waals surface area contributed by atoms with Gasteiger partial charge in [-0.05, 0) is 42.0 Å². The molecule has 4 heteroatoms. The molecule has 0 spiro atoms. The third-order valence-corrected chi connectivity index (χ3v) is 4.60. The van der Waals surface area contributed by atoms with Crippen molar-refractivity contribution in [2.75, 3.05) is 11.4 Å². The van der Waals surface area contributed by atoms with Crippen LogP contribution in [0.2, 0.25) is 0 Å².